The Bertz CT molecular complexity index is 1040. The fourth-order valence-corrected chi connectivity index (χ4v) is 4.33. The molecular weight excluding hydrogens is 343 g/mol. The highest BCUT2D eigenvalue weighted by Gasteiger charge is 2.26. The van der Waals surface area contributed by atoms with Crippen molar-refractivity contribution in [3.05, 3.63) is 64.6 Å². The second-order valence-corrected chi connectivity index (χ2v) is 7.44. The Hall–Kier alpha value is -2.82. The van der Waals surface area contributed by atoms with Gasteiger partial charge in [-0.25, -0.2) is 4.39 Å². The van der Waals surface area contributed by atoms with Crippen LogP contribution in [0.1, 0.15) is 41.3 Å². The number of carbonyl (C=O) groups excluding carboxylic acids is 1. The molecule has 0 saturated heterocycles. The Balaban J connectivity index is 1.36. The summed E-state index contributed by atoms with van der Waals surface area (Å²) in [7, 11) is 0. The summed E-state index contributed by atoms with van der Waals surface area (Å²) < 4.78 is 19.2. The molecule has 0 radical (unpaired) electrons. The number of rotatable bonds is 3. The number of aryl methyl sites for hydroxylation is 1. The molecule has 2 aromatic carbocycles. The Morgan fingerprint density at radius 3 is 3.07 bits per heavy atom. The van der Waals surface area contributed by atoms with Crippen LogP contribution >= 0.6 is 0 Å². The number of carbonyl (C=O) groups is 1. The van der Waals surface area contributed by atoms with E-state index in [0.717, 1.165) is 65.8 Å². The Labute approximate surface area is 156 Å². The molecule has 0 saturated carbocycles. The predicted molar refractivity (Wildman–Crippen MR) is 101 cm³/mol. The van der Waals surface area contributed by atoms with Crippen molar-refractivity contribution in [3.63, 3.8) is 0 Å². The van der Waals surface area contributed by atoms with Crippen molar-refractivity contribution in [1.29, 1.82) is 0 Å². The molecule has 2 aliphatic rings. The fourth-order valence-electron chi connectivity index (χ4n) is 4.33. The van der Waals surface area contributed by atoms with Gasteiger partial charge in [-0.1, -0.05) is 12.1 Å². The SMILES string of the molecule is O=C(Cc1ccc2c(c1)OCC2)NC1CCCc2c1[nH]c1ccc(F)cc21. The van der Waals surface area contributed by atoms with Gasteiger partial charge < -0.3 is 15.0 Å². The first-order valence-electron chi connectivity index (χ1n) is 9.51. The average Bonchev–Trinajstić information content (AvgIpc) is 3.26. The Morgan fingerprint density at radius 1 is 1.22 bits per heavy atom. The molecule has 0 spiro atoms. The van der Waals surface area contributed by atoms with Crippen molar-refractivity contribution in [1.82, 2.24) is 10.3 Å². The van der Waals surface area contributed by atoms with Gasteiger partial charge in [-0.3, -0.25) is 4.79 Å². The number of aromatic nitrogens is 1. The van der Waals surface area contributed by atoms with Crippen LogP contribution in [0.3, 0.4) is 0 Å². The predicted octanol–water partition coefficient (Wildman–Crippen LogP) is 3.98. The summed E-state index contributed by atoms with van der Waals surface area (Å²) in [6.45, 7) is 0.719. The highest BCUT2D eigenvalue weighted by Crippen LogP contribution is 2.35. The lowest BCUT2D eigenvalue weighted by atomic mass is 9.91. The van der Waals surface area contributed by atoms with Crippen molar-refractivity contribution in [2.24, 2.45) is 0 Å². The van der Waals surface area contributed by atoms with Crippen molar-refractivity contribution in [2.75, 3.05) is 6.61 Å². The summed E-state index contributed by atoms with van der Waals surface area (Å²) in [6.07, 6.45) is 4.05. The molecule has 1 unspecified atom stereocenters. The maximum atomic E-state index is 13.6. The summed E-state index contributed by atoms with van der Waals surface area (Å²) in [4.78, 5) is 16.0. The van der Waals surface area contributed by atoms with Gasteiger partial charge >= 0.3 is 0 Å². The van der Waals surface area contributed by atoms with Crippen molar-refractivity contribution < 1.29 is 13.9 Å². The number of benzene rings is 2. The van der Waals surface area contributed by atoms with Crippen LogP contribution in [0.4, 0.5) is 4.39 Å². The third-order valence-corrected chi connectivity index (χ3v) is 5.63. The van der Waals surface area contributed by atoms with E-state index in [9.17, 15) is 9.18 Å². The van der Waals surface area contributed by atoms with Gasteiger partial charge in [-0.2, -0.15) is 0 Å². The highest BCUT2D eigenvalue weighted by molar-refractivity contribution is 5.86. The van der Waals surface area contributed by atoms with Gasteiger partial charge in [0.05, 0.1) is 19.1 Å². The lowest BCUT2D eigenvalue weighted by molar-refractivity contribution is -0.121. The zero-order valence-corrected chi connectivity index (χ0v) is 15.0. The smallest absolute Gasteiger partial charge is 0.224 e. The maximum Gasteiger partial charge on any atom is 0.224 e. The quantitative estimate of drug-likeness (QED) is 0.739. The molecule has 4 nitrogen and oxygen atoms in total. The summed E-state index contributed by atoms with van der Waals surface area (Å²) >= 11 is 0. The van der Waals surface area contributed by atoms with Crippen LogP contribution in [-0.2, 0) is 24.1 Å². The maximum absolute atomic E-state index is 13.6. The number of hydrogen-bond acceptors (Lipinski definition) is 2. The van der Waals surface area contributed by atoms with Gasteiger partial charge in [0.1, 0.15) is 11.6 Å². The normalized spacial score (nSPS) is 18.0. The molecule has 3 aromatic rings. The monoisotopic (exact) mass is 364 g/mol. The number of amides is 1. The molecule has 27 heavy (non-hydrogen) atoms. The molecule has 0 fully saturated rings. The van der Waals surface area contributed by atoms with Crippen LogP contribution in [0, 0.1) is 5.82 Å². The molecule has 1 aliphatic heterocycles. The Kier molecular flexibility index (Phi) is 3.88. The highest BCUT2D eigenvalue weighted by atomic mass is 19.1. The lowest BCUT2D eigenvalue weighted by Gasteiger charge is -2.24. The second-order valence-electron chi connectivity index (χ2n) is 7.44. The average molecular weight is 364 g/mol. The Morgan fingerprint density at radius 2 is 2.15 bits per heavy atom. The molecular formula is C22H21FN2O2. The van der Waals surface area contributed by atoms with Gasteiger partial charge in [0.15, 0.2) is 0 Å². The molecule has 5 rings (SSSR count). The third kappa shape index (κ3) is 2.97. The zero-order valence-electron chi connectivity index (χ0n) is 15.0. The first kappa shape index (κ1) is 16.4. The summed E-state index contributed by atoms with van der Waals surface area (Å²) in [5.41, 5.74) is 5.25. The fraction of sp³-hybridized carbons (Fsp3) is 0.318. The van der Waals surface area contributed by atoms with E-state index >= 15 is 0 Å². The molecule has 1 amide bonds. The van der Waals surface area contributed by atoms with Crippen LogP contribution in [0.5, 0.6) is 5.75 Å². The van der Waals surface area contributed by atoms with Crippen LogP contribution < -0.4 is 10.1 Å². The van der Waals surface area contributed by atoms with E-state index in [1.54, 1.807) is 12.1 Å². The third-order valence-electron chi connectivity index (χ3n) is 5.63. The van der Waals surface area contributed by atoms with E-state index < -0.39 is 0 Å². The minimum Gasteiger partial charge on any atom is -0.493 e. The topological polar surface area (TPSA) is 54.1 Å². The van der Waals surface area contributed by atoms with E-state index in [2.05, 4.69) is 16.4 Å². The van der Waals surface area contributed by atoms with E-state index in [1.807, 2.05) is 12.1 Å². The van der Waals surface area contributed by atoms with E-state index in [1.165, 1.54) is 11.6 Å². The molecule has 1 atom stereocenters. The minimum absolute atomic E-state index is 0.00404. The van der Waals surface area contributed by atoms with Crippen molar-refractivity contribution in [3.8, 4) is 5.75 Å². The van der Waals surface area contributed by atoms with Gasteiger partial charge in [-0.05, 0) is 60.2 Å². The van der Waals surface area contributed by atoms with Gasteiger partial charge in [0.25, 0.3) is 0 Å². The summed E-state index contributed by atoms with van der Waals surface area (Å²) in [6, 6.07) is 10.8. The first-order chi connectivity index (χ1) is 13.2. The van der Waals surface area contributed by atoms with E-state index in [0.29, 0.717) is 6.42 Å². The van der Waals surface area contributed by atoms with Gasteiger partial charge in [0.2, 0.25) is 5.91 Å². The lowest BCUT2D eigenvalue weighted by Crippen LogP contribution is -2.32. The molecule has 5 heteroatoms. The molecule has 1 aromatic heterocycles. The number of H-pyrrole nitrogens is 1. The minimum atomic E-state index is -0.228. The summed E-state index contributed by atoms with van der Waals surface area (Å²) in [5.74, 6) is 0.669. The van der Waals surface area contributed by atoms with Crippen LogP contribution in [0.15, 0.2) is 36.4 Å². The number of halogens is 1. The number of fused-ring (bicyclic) bond motifs is 4. The number of ether oxygens (including phenoxy) is 1. The van der Waals surface area contributed by atoms with Crippen LogP contribution in [-0.4, -0.2) is 17.5 Å². The molecule has 1 aliphatic carbocycles. The molecule has 2 N–H and O–H groups in total. The van der Waals surface area contributed by atoms with Crippen molar-refractivity contribution >= 4 is 16.8 Å². The number of aromatic amines is 1. The second kappa shape index (κ2) is 6.41. The molecule has 0 bridgehead atoms. The largest absolute Gasteiger partial charge is 0.493 e. The van der Waals surface area contributed by atoms with Crippen molar-refractivity contribution in [2.45, 2.75) is 38.1 Å². The molecule has 2 heterocycles. The zero-order chi connectivity index (χ0) is 18.4. The van der Waals surface area contributed by atoms with Crippen LogP contribution in [0.25, 0.3) is 10.9 Å². The van der Waals surface area contributed by atoms with Gasteiger partial charge in [-0.15, -0.1) is 0 Å². The van der Waals surface area contributed by atoms with E-state index in [4.69, 9.17) is 4.74 Å². The van der Waals surface area contributed by atoms with Gasteiger partial charge in [0, 0.05) is 23.0 Å². The van der Waals surface area contributed by atoms with Crippen LogP contribution in [0.2, 0.25) is 0 Å². The standard InChI is InChI=1S/C22H21FN2O2/c23-15-6-7-18-17(12-15)16-2-1-3-19(22(16)25-18)24-21(26)11-13-4-5-14-8-9-27-20(14)10-13/h4-7,10,12,19,25H,1-3,8-9,11H2,(H,24,26). The number of nitrogens with one attached hydrogen (secondary N) is 2. The summed E-state index contributed by atoms with van der Waals surface area (Å²) in [5, 5.41) is 4.09. The van der Waals surface area contributed by atoms with E-state index in [-0.39, 0.29) is 17.8 Å². The molecule has 138 valence electrons. The number of hydrogen-bond donors (Lipinski definition) is 2. The first-order valence-corrected chi connectivity index (χ1v) is 9.51.